The van der Waals surface area contributed by atoms with Crippen LogP contribution in [0.25, 0.3) is 0 Å². The molecule has 1 N–H and O–H groups in total. The Bertz CT molecular complexity index is 1020. The van der Waals surface area contributed by atoms with E-state index < -0.39 is 0 Å². The van der Waals surface area contributed by atoms with Crippen LogP contribution in [0.2, 0.25) is 5.02 Å². The van der Waals surface area contributed by atoms with Gasteiger partial charge in [0.2, 0.25) is 0 Å². The standard InChI is InChI=1S/C27H30ClN3O/c1-30(26(20-31-16-8-9-17-31)21-10-4-2-5-11-21)24-15-14-23(25(28)18-24)19-29-27(32)22-12-6-3-7-13-22/h2-7,10-15,18,26H,8-9,16-17,19-20H2,1H3,(H,29,32)/t26-/m1/s1. The molecule has 1 heterocycles. The van der Waals surface area contributed by atoms with Crippen LogP contribution in [0, 0.1) is 0 Å². The number of nitrogens with one attached hydrogen (secondary N) is 1. The lowest BCUT2D eigenvalue weighted by atomic mass is 10.0. The summed E-state index contributed by atoms with van der Waals surface area (Å²) in [7, 11) is 2.14. The monoisotopic (exact) mass is 447 g/mol. The maximum Gasteiger partial charge on any atom is 0.251 e. The van der Waals surface area contributed by atoms with Crippen molar-refractivity contribution in [1.29, 1.82) is 0 Å². The average molecular weight is 448 g/mol. The van der Waals surface area contributed by atoms with E-state index in [1.807, 2.05) is 30.3 Å². The fraction of sp³-hybridized carbons (Fsp3) is 0.296. The number of nitrogens with zero attached hydrogens (tertiary/aromatic N) is 2. The van der Waals surface area contributed by atoms with Crippen LogP contribution in [0.3, 0.4) is 0 Å². The smallest absolute Gasteiger partial charge is 0.251 e. The lowest BCUT2D eigenvalue weighted by Gasteiger charge is -2.34. The van der Waals surface area contributed by atoms with Crippen molar-refractivity contribution in [1.82, 2.24) is 10.2 Å². The van der Waals surface area contributed by atoms with Crippen molar-refractivity contribution in [3.63, 3.8) is 0 Å². The van der Waals surface area contributed by atoms with Crippen LogP contribution in [-0.2, 0) is 6.54 Å². The van der Waals surface area contributed by atoms with E-state index in [1.165, 1.54) is 18.4 Å². The van der Waals surface area contributed by atoms with E-state index in [0.717, 1.165) is 30.9 Å². The number of hydrogen-bond acceptors (Lipinski definition) is 3. The lowest BCUT2D eigenvalue weighted by Crippen LogP contribution is -2.35. The molecule has 3 aromatic carbocycles. The van der Waals surface area contributed by atoms with E-state index >= 15 is 0 Å². The van der Waals surface area contributed by atoms with Crippen molar-refractivity contribution >= 4 is 23.2 Å². The molecule has 1 fully saturated rings. The van der Waals surface area contributed by atoms with Crippen LogP contribution in [-0.4, -0.2) is 37.5 Å². The Morgan fingerprint density at radius 3 is 2.31 bits per heavy atom. The van der Waals surface area contributed by atoms with Gasteiger partial charge in [0.05, 0.1) is 6.04 Å². The number of halogens is 1. The second-order valence-electron chi connectivity index (χ2n) is 8.37. The minimum atomic E-state index is -0.0994. The SMILES string of the molecule is CN(c1ccc(CNC(=O)c2ccccc2)c(Cl)c1)[C@H](CN1CCCC1)c1ccccc1. The van der Waals surface area contributed by atoms with Crippen molar-refractivity contribution in [2.75, 3.05) is 31.6 Å². The molecule has 4 rings (SSSR count). The zero-order valence-corrected chi connectivity index (χ0v) is 19.3. The summed E-state index contributed by atoms with van der Waals surface area (Å²) in [6.45, 7) is 3.72. The molecule has 0 saturated carbocycles. The fourth-order valence-electron chi connectivity index (χ4n) is 4.28. The van der Waals surface area contributed by atoms with Crippen LogP contribution < -0.4 is 10.2 Å². The Morgan fingerprint density at radius 2 is 1.66 bits per heavy atom. The third-order valence-corrected chi connectivity index (χ3v) is 6.55. The van der Waals surface area contributed by atoms with Crippen molar-refractivity contribution in [2.24, 2.45) is 0 Å². The number of hydrogen-bond donors (Lipinski definition) is 1. The summed E-state index contributed by atoms with van der Waals surface area (Å²) in [4.78, 5) is 17.2. The Hall–Kier alpha value is -2.82. The highest BCUT2D eigenvalue weighted by Crippen LogP contribution is 2.30. The van der Waals surface area contributed by atoms with E-state index in [9.17, 15) is 4.79 Å². The normalized spacial score (nSPS) is 14.8. The molecule has 1 aliphatic heterocycles. The molecule has 1 saturated heterocycles. The maximum absolute atomic E-state index is 12.3. The van der Waals surface area contributed by atoms with E-state index in [1.54, 1.807) is 12.1 Å². The molecule has 0 radical (unpaired) electrons. The van der Waals surface area contributed by atoms with Gasteiger partial charge in [0.15, 0.2) is 0 Å². The molecule has 1 amide bonds. The zero-order chi connectivity index (χ0) is 22.3. The van der Waals surface area contributed by atoms with Crippen LogP contribution >= 0.6 is 11.6 Å². The average Bonchev–Trinajstić information content (AvgIpc) is 3.35. The quantitative estimate of drug-likeness (QED) is 0.492. The van der Waals surface area contributed by atoms with Gasteiger partial charge in [-0.05, 0) is 61.3 Å². The summed E-state index contributed by atoms with van der Waals surface area (Å²) in [6, 6.07) is 26.2. The van der Waals surface area contributed by atoms with Gasteiger partial charge < -0.3 is 15.1 Å². The minimum Gasteiger partial charge on any atom is -0.366 e. The Balaban J connectivity index is 1.47. The van der Waals surface area contributed by atoms with Crippen molar-refractivity contribution < 1.29 is 4.79 Å². The number of carbonyl (C=O) groups excluding carboxylic acids is 1. The second-order valence-corrected chi connectivity index (χ2v) is 8.78. The van der Waals surface area contributed by atoms with Gasteiger partial charge in [-0.25, -0.2) is 0 Å². The molecule has 3 aromatic rings. The molecule has 1 atom stereocenters. The number of rotatable bonds is 8. The Morgan fingerprint density at radius 1 is 1.00 bits per heavy atom. The summed E-state index contributed by atoms with van der Waals surface area (Å²) in [5, 5.41) is 3.62. The topological polar surface area (TPSA) is 35.6 Å². The van der Waals surface area contributed by atoms with E-state index in [0.29, 0.717) is 17.1 Å². The second kappa shape index (κ2) is 10.7. The Labute approximate surface area is 195 Å². The van der Waals surface area contributed by atoms with Gasteiger partial charge >= 0.3 is 0 Å². The van der Waals surface area contributed by atoms with Crippen molar-refractivity contribution in [3.05, 3.63) is 101 Å². The number of carbonyl (C=O) groups is 1. The van der Waals surface area contributed by atoms with Gasteiger partial charge in [-0.1, -0.05) is 66.2 Å². The summed E-state index contributed by atoms with van der Waals surface area (Å²) in [5.74, 6) is -0.0994. The number of benzene rings is 3. The third-order valence-electron chi connectivity index (χ3n) is 6.20. The molecule has 5 heteroatoms. The summed E-state index contributed by atoms with van der Waals surface area (Å²) >= 11 is 6.64. The molecular formula is C27H30ClN3O. The molecule has 1 aliphatic rings. The predicted molar refractivity (Wildman–Crippen MR) is 132 cm³/mol. The first-order chi connectivity index (χ1) is 15.6. The highest BCUT2D eigenvalue weighted by molar-refractivity contribution is 6.31. The van der Waals surface area contributed by atoms with Gasteiger partial charge in [-0.15, -0.1) is 0 Å². The highest BCUT2D eigenvalue weighted by Gasteiger charge is 2.23. The van der Waals surface area contributed by atoms with Gasteiger partial charge in [-0.2, -0.15) is 0 Å². The molecular weight excluding hydrogens is 418 g/mol. The number of amides is 1. The molecule has 0 aromatic heterocycles. The molecule has 0 aliphatic carbocycles. The molecule has 4 nitrogen and oxygen atoms in total. The van der Waals surface area contributed by atoms with Crippen LogP contribution in [0.1, 0.15) is 40.4 Å². The predicted octanol–water partition coefficient (Wildman–Crippen LogP) is 5.54. The molecule has 0 bridgehead atoms. The van der Waals surface area contributed by atoms with Crippen molar-refractivity contribution in [2.45, 2.75) is 25.4 Å². The Kier molecular flexibility index (Phi) is 7.46. The van der Waals surface area contributed by atoms with Crippen LogP contribution in [0.15, 0.2) is 78.9 Å². The van der Waals surface area contributed by atoms with E-state index in [2.05, 4.69) is 58.6 Å². The molecule has 32 heavy (non-hydrogen) atoms. The third kappa shape index (κ3) is 5.50. The van der Waals surface area contributed by atoms with Crippen molar-refractivity contribution in [3.8, 4) is 0 Å². The van der Waals surface area contributed by atoms with E-state index in [-0.39, 0.29) is 11.9 Å². The summed E-state index contributed by atoms with van der Waals surface area (Å²) in [5.41, 5.74) is 3.93. The van der Waals surface area contributed by atoms with E-state index in [4.69, 9.17) is 11.6 Å². The van der Waals surface area contributed by atoms with Crippen LogP contribution in [0.4, 0.5) is 5.69 Å². The first-order valence-corrected chi connectivity index (χ1v) is 11.6. The highest BCUT2D eigenvalue weighted by atomic mass is 35.5. The van der Waals surface area contributed by atoms with Gasteiger partial charge in [0, 0.05) is 36.4 Å². The maximum atomic E-state index is 12.3. The largest absolute Gasteiger partial charge is 0.366 e. The summed E-state index contributed by atoms with van der Waals surface area (Å²) < 4.78 is 0. The van der Waals surface area contributed by atoms with Gasteiger partial charge in [0.25, 0.3) is 5.91 Å². The first kappa shape index (κ1) is 22.4. The summed E-state index contributed by atoms with van der Waals surface area (Å²) in [6.07, 6.45) is 2.56. The fourth-order valence-corrected chi connectivity index (χ4v) is 4.52. The molecule has 166 valence electrons. The zero-order valence-electron chi connectivity index (χ0n) is 18.5. The van der Waals surface area contributed by atoms with Gasteiger partial charge in [-0.3, -0.25) is 4.79 Å². The minimum absolute atomic E-state index is 0.0994. The lowest BCUT2D eigenvalue weighted by molar-refractivity contribution is 0.0951. The van der Waals surface area contributed by atoms with Crippen LogP contribution in [0.5, 0.6) is 0 Å². The number of likely N-dealkylation sites (tertiary alicyclic amines) is 1. The first-order valence-electron chi connectivity index (χ1n) is 11.2. The molecule has 0 unspecified atom stereocenters. The number of likely N-dealkylation sites (N-methyl/N-ethyl adjacent to an activating group) is 1. The van der Waals surface area contributed by atoms with Gasteiger partial charge in [0.1, 0.15) is 0 Å². The number of anilines is 1. The molecule has 0 spiro atoms.